The number of nitrogens with one attached hydrogen (secondary N) is 1. The van der Waals surface area contributed by atoms with Crippen LogP contribution >= 0.6 is 0 Å². The summed E-state index contributed by atoms with van der Waals surface area (Å²) < 4.78 is 13.0. The molecular formula is C16H15FN2O2. The summed E-state index contributed by atoms with van der Waals surface area (Å²) in [6.07, 6.45) is 5.43. The van der Waals surface area contributed by atoms with Gasteiger partial charge in [0.2, 0.25) is 6.41 Å². The average Bonchev–Trinajstić information content (AvgIpc) is 2.81. The van der Waals surface area contributed by atoms with Crippen molar-refractivity contribution in [3.63, 3.8) is 0 Å². The van der Waals surface area contributed by atoms with Gasteiger partial charge in [0.15, 0.2) is 5.78 Å². The van der Waals surface area contributed by atoms with Gasteiger partial charge in [-0.05, 0) is 43.5 Å². The molecule has 0 unspecified atom stereocenters. The molecule has 0 atom stereocenters. The summed E-state index contributed by atoms with van der Waals surface area (Å²) in [5.74, 6) is -0.318. The minimum absolute atomic E-state index is 0.0488. The highest BCUT2D eigenvalue weighted by Gasteiger charge is 2.24. The van der Waals surface area contributed by atoms with Crippen LogP contribution in [0.4, 0.5) is 15.8 Å². The number of aryl methyl sites for hydroxylation is 1. The number of carbonyl (C=O) groups excluding carboxylic acids is 2. The molecule has 3 rings (SSSR count). The van der Waals surface area contributed by atoms with Crippen LogP contribution in [-0.4, -0.2) is 17.2 Å². The van der Waals surface area contributed by atoms with E-state index in [0.29, 0.717) is 29.8 Å². The van der Waals surface area contributed by atoms with Crippen LogP contribution in [0.3, 0.4) is 0 Å². The number of hydrogen-bond acceptors (Lipinski definition) is 2. The maximum atomic E-state index is 13.0. The van der Waals surface area contributed by atoms with Crippen LogP contribution in [0.5, 0.6) is 0 Å². The topological polar surface area (TPSA) is 53.2 Å². The van der Waals surface area contributed by atoms with Crippen LogP contribution < -0.4 is 4.90 Å². The van der Waals surface area contributed by atoms with E-state index in [1.54, 1.807) is 6.20 Å². The van der Waals surface area contributed by atoms with E-state index in [2.05, 4.69) is 4.98 Å². The van der Waals surface area contributed by atoms with Crippen LogP contribution in [0.1, 0.15) is 35.3 Å². The predicted molar refractivity (Wildman–Crippen MR) is 77.3 cm³/mol. The number of fused-ring (bicyclic) bond motifs is 1. The maximum absolute atomic E-state index is 13.0. The van der Waals surface area contributed by atoms with Crippen LogP contribution in [0.15, 0.2) is 30.5 Å². The molecule has 1 heterocycles. The third-order valence-corrected chi connectivity index (χ3v) is 3.77. The Morgan fingerprint density at radius 3 is 2.57 bits per heavy atom. The van der Waals surface area contributed by atoms with Crippen molar-refractivity contribution in [3.05, 3.63) is 47.5 Å². The number of carbonyl (C=O) groups is 2. The number of nitrogens with zero attached hydrogens (tertiary/aromatic N) is 1. The molecule has 4 nitrogen and oxygen atoms in total. The molecule has 1 aromatic heterocycles. The molecule has 2 aromatic rings. The first-order chi connectivity index (χ1) is 10.2. The number of aromatic amines is 1. The van der Waals surface area contributed by atoms with Gasteiger partial charge in [0.25, 0.3) is 0 Å². The Kier molecular flexibility index (Phi) is 3.56. The van der Waals surface area contributed by atoms with Crippen molar-refractivity contribution in [1.29, 1.82) is 0 Å². The van der Waals surface area contributed by atoms with E-state index in [-0.39, 0.29) is 11.6 Å². The molecule has 108 valence electrons. The average molecular weight is 286 g/mol. The summed E-state index contributed by atoms with van der Waals surface area (Å²) in [6.45, 7) is 0. The minimum atomic E-state index is -0.367. The zero-order valence-corrected chi connectivity index (χ0v) is 11.4. The summed E-state index contributed by atoms with van der Waals surface area (Å²) >= 11 is 0. The fraction of sp³-hybridized carbons (Fsp3) is 0.250. The molecule has 0 radical (unpaired) electrons. The van der Waals surface area contributed by atoms with E-state index in [4.69, 9.17) is 0 Å². The second-order valence-electron chi connectivity index (χ2n) is 5.11. The fourth-order valence-electron chi connectivity index (χ4n) is 2.72. The van der Waals surface area contributed by atoms with Gasteiger partial charge in [0.05, 0.1) is 11.3 Å². The number of amides is 1. The number of halogens is 1. The lowest BCUT2D eigenvalue weighted by Gasteiger charge is -2.17. The fourth-order valence-corrected chi connectivity index (χ4v) is 2.72. The second kappa shape index (κ2) is 5.52. The summed E-state index contributed by atoms with van der Waals surface area (Å²) in [4.78, 5) is 28.2. The molecule has 0 bridgehead atoms. The van der Waals surface area contributed by atoms with Crippen molar-refractivity contribution in [2.24, 2.45) is 0 Å². The zero-order valence-electron chi connectivity index (χ0n) is 11.4. The first-order valence-corrected chi connectivity index (χ1v) is 6.94. The molecule has 1 amide bonds. The van der Waals surface area contributed by atoms with E-state index in [1.165, 1.54) is 29.2 Å². The normalized spacial score (nSPS) is 14.4. The Morgan fingerprint density at radius 1 is 1.14 bits per heavy atom. The first kappa shape index (κ1) is 13.5. The number of ketones is 1. The summed E-state index contributed by atoms with van der Waals surface area (Å²) in [5, 5.41) is 0. The Morgan fingerprint density at radius 2 is 1.86 bits per heavy atom. The molecule has 1 aliphatic carbocycles. The number of anilines is 2. The summed E-state index contributed by atoms with van der Waals surface area (Å²) in [6, 6.07) is 5.62. The van der Waals surface area contributed by atoms with Gasteiger partial charge in [-0.3, -0.25) is 14.5 Å². The quantitative estimate of drug-likeness (QED) is 0.695. The SMILES string of the molecule is O=CN(c1ccc(F)cc1)c1c[nH]c2c1C(=O)CCCC2. The number of aromatic nitrogens is 1. The third kappa shape index (κ3) is 2.46. The third-order valence-electron chi connectivity index (χ3n) is 3.77. The molecule has 0 fully saturated rings. The number of rotatable bonds is 3. The van der Waals surface area contributed by atoms with Gasteiger partial charge >= 0.3 is 0 Å². The number of Topliss-reactive ketones (excluding diaryl/α,β-unsaturated/α-hetero) is 1. The lowest BCUT2D eigenvalue weighted by molar-refractivity contribution is -0.106. The highest BCUT2D eigenvalue weighted by atomic mass is 19.1. The second-order valence-corrected chi connectivity index (χ2v) is 5.11. The van der Waals surface area contributed by atoms with E-state index in [1.807, 2.05) is 0 Å². The smallest absolute Gasteiger partial charge is 0.218 e. The number of H-pyrrole nitrogens is 1. The first-order valence-electron chi connectivity index (χ1n) is 6.94. The van der Waals surface area contributed by atoms with E-state index in [9.17, 15) is 14.0 Å². The van der Waals surface area contributed by atoms with E-state index in [0.717, 1.165) is 25.0 Å². The number of benzene rings is 1. The van der Waals surface area contributed by atoms with Crippen molar-refractivity contribution in [3.8, 4) is 0 Å². The highest BCUT2D eigenvalue weighted by molar-refractivity contribution is 6.06. The van der Waals surface area contributed by atoms with Gasteiger partial charge in [0.1, 0.15) is 5.82 Å². The Bertz CT molecular complexity index is 676. The molecule has 1 aliphatic rings. The standard InChI is InChI=1S/C16H15FN2O2/c17-11-5-7-12(8-6-11)19(10-20)14-9-18-13-3-1-2-4-15(21)16(13)14/h5-10,18H,1-4H2. The Hall–Kier alpha value is -2.43. The highest BCUT2D eigenvalue weighted by Crippen LogP contribution is 2.33. The minimum Gasteiger partial charge on any atom is -0.362 e. The molecular weight excluding hydrogens is 271 g/mol. The molecule has 0 aliphatic heterocycles. The Labute approximate surface area is 121 Å². The molecule has 1 N–H and O–H groups in total. The summed E-state index contributed by atoms with van der Waals surface area (Å²) in [5.41, 5.74) is 2.54. The van der Waals surface area contributed by atoms with Crippen molar-refractivity contribution < 1.29 is 14.0 Å². The van der Waals surface area contributed by atoms with Crippen molar-refractivity contribution in [2.75, 3.05) is 4.90 Å². The van der Waals surface area contributed by atoms with Gasteiger partial charge in [-0.25, -0.2) is 4.39 Å². The van der Waals surface area contributed by atoms with Crippen molar-refractivity contribution >= 4 is 23.6 Å². The molecule has 1 aromatic carbocycles. The zero-order chi connectivity index (χ0) is 14.8. The van der Waals surface area contributed by atoms with Gasteiger partial charge in [-0.2, -0.15) is 0 Å². The van der Waals surface area contributed by atoms with Gasteiger partial charge < -0.3 is 4.98 Å². The molecule has 0 saturated carbocycles. The molecule has 5 heteroatoms. The van der Waals surface area contributed by atoms with Crippen molar-refractivity contribution in [1.82, 2.24) is 4.98 Å². The predicted octanol–water partition coefficient (Wildman–Crippen LogP) is 3.36. The molecule has 21 heavy (non-hydrogen) atoms. The lowest BCUT2D eigenvalue weighted by atomic mass is 10.1. The maximum Gasteiger partial charge on any atom is 0.218 e. The summed E-state index contributed by atoms with van der Waals surface area (Å²) in [7, 11) is 0. The number of hydrogen-bond donors (Lipinski definition) is 1. The van der Waals surface area contributed by atoms with Crippen LogP contribution in [0, 0.1) is 5.82 Å². The van der Waals surface area contributed by atoms with Crippen molar-refractivity contribution in [2.45, 2.75) is 25.7 Å². The monoisotopic (exact) mass is 286 g/mol. The van der Waals surface area contributed by atoms with Gasteiger partial charge in [-0.1, -0.05) is 0 Å². The van der Waals surface area contributed by atoms with Gasteiger partial charge in [0, 0.05) is 24.0 Å². The van der Waals surface area contributed by atoms with Crippen LogP contribution in [0.2, 0.25) is 0 Å². The van der Waals surface area contributed by atoms with E-state index >= 15 is 0 Å². The molecule has 0 spiro atoms. The Balaban J connectivity index is 2.06. The van der Waals surface area contributed by atoms with Gasteiger partial charge in [-0.15, -0.1) is 0 Å². The van der Waals surface area contributed by atoms with Crippen LogP contribution in [-0.2, 0) is 11.2 Å². The lowest BCUT2D eigenvalue weighted by Crippen LogP contribution is -2.16. The largest absolute Gasteiger partial charge is 0.362 e. The van der Waals surface area contributed by atoms with Crippen LogP contribution in [0.25, 0.3) is 0 Å². The molecule has 0 saturated heterocycles. The van der Waals surface area contributed by atoms with E-state index < -0.39 is 0 Å².